The molecule has 1 heterocycles. The first-order valence-electron chi connectivity index (χ1n) is 6.49. The van der Waals surface area contributed by atoms with Crippen LogP contribution in [0.25, 0.3) is 11.3 Å². The van der Waals surface area contributed by atoms with Crippen molar-refractivity contribution in [2.24, 2.45) is 0 Å². The van der Waals surface area contributed by atoms with Crippen molar-refractivity contribution in [1.29, 1.82) is 0 Å². The molecule has 1 aromatic heterocycles. The van der Waals surface area contributed by atoms with Crippen molar-refractivity contribution in [2.75, 3.05) is 6.61 Å². The Morgan fingerprint density at radius 1 is 1.10 bits per heavy atom. The van der Waals surface area contributed by atoms with Crippen LogP contribution >= 0.6 is 0 Å². The van der Waals surface area contributed by atoms with Gasteiger partial charge in [-0.2, -0.15) is 13.2 Å². The average molecular weight is 296 g/mol. The van der Waals surface area contributed by atoms with Gasteiger partial charge in [0.15, 0.2) is 0 Å². The molecule has 0 saturated carbocycles. The second kappa shape index (κ2) is 5.71. The summed E-state index contributed by atoms with van der Waals surface area (Å²) in [5, 5.41) is 0. The van der Waals surface area contributed by atoms with Crippen LogP contribution in [0.3, 0.4) is 0 Å². The predicted molar refractivity (Wildman–Crippen MR) is 73.1 cm³/mol. The number of hydrogen-bond acceptors (Lipinski definition) is 3. The molecule has 0 saturated heterocycles. The van der Waals surface area contributed by atoms with Gasteiger partial charge in [0.05, 0.1) is 12.3 Å². The van der Waals surface area contributed by atoms with Crippen LogP contribution in [0.2, 0.25) is 0 Å². The molecule has 0 atom stereocenters. The summed E-state index contributed by atoms with van der Waals surface area (Å²) in [4.78, 5) is 7.23. The largest absolute Gasteiger partial charge is 0.493 e. The zero-order chi connectivity index (χ0) is 15.6. The quantitative estimate of drug-likeness (QED) is 0.852. The molecule has 112 valence electrons. The van der Waals surface area contributed by atoms with E-state index in [1.807, 2.05) is 6.92 Å². The first kappa shape index (κ1) is 15.3. The van der Waals surface area contributed by atoms with Gasteiger partial charge in [-0.15, -0.1) is 0 Å². The fraction of sp³-hybridized carbons (Fsp3) is 0.333. The van der Waals surface area contributed by atoms with Crippen molar-refractivity contribution in [1.82, 2.24) is 9.97 Å². The van der Waals surface area contributed by atoms with Gasteiger partial charge in [-0.1, -0.05) is 12.1 Å². The van der Waals surface area contributed by atoms with Gasteiger partial charge in [-0.05, 0) is 38.5 Å². The van der Waals surface area contributed by atoms with Crippen molar-refractivity contribution in [2.45, 2.75) is 26.9 Å². The van der Waals surface area contributed by atoms with E-state index in [9.17, 15) is 13.2 Å². The molecule has 1 aromatic carbocycles. The number of para-hydroxylation sites is 1. The number of ether oxygens (including phenoxy) is 1. The molecule has 6 heteroatoms. The maximum atomic E-state index is 12.9. The van der Waals surface area contributed by atoms with Crippen molar-refractivity contribution >= 4 is 0 Å². The monoisotopic (exact) mass is 296 g/mol. The summed E-state index contributed by atoms with van der Waals surface area (Å²) < 4.78 is 44.1. The SMILES string of the molecule is CCOc1ccccc1-c1nc(C(F)(F)F)nc(C)c1C. The number of halogens is 3. The van der Waals surface area contributed by atoms with Gasteiger partial charge in [-0.25, -0.2) is 9.97 Å². The summed E-state index contributed by atoms with van der Waals surface area (Å²) in [5.41, 5.74) is 1.69. The minimum absolute atomic E-state index is 0.249. The molecular formula is C15H15F3N2O. The average Bonchev–Trinajstić information content (AvgIpc) is 2.42. The molecule has 0 fully saturated rings. The fourth-order valence-corrected chi connectivity index (χ4v) is 1.96. The summed E-state index contributed by atoms with van der Waals surface area (Å²) in [6.45, 7) is 5.48. The number of rotatable bonds is 3. The summed E-state index contributed by atoms with van der Waals surface area (Å²) in [6, 6.07) is 6.91. The van der Waals surface area contributed by atoms with Crippen LogP contribution in [-0.4, -0.2) is 16.6 Å². The van der Waals surface area contributed by atoms with Crippen LogP contribution < -0.4 is 4.74 Å². The molecule has 0 bridgehead atoms. The molecule has 3 nitrogen and oxygen atoms in total. The molecule has 0 amide bonds. The van der Waals surface area contributed by atoms with E-state index in [4.69, 9.17) is 4.74 Å². The standard InChI is InChI=1S/C15H15F3N2O/c1-4-21-12-8-6-5-7-11(12)13-9(2)10(3)19-14(20-13)15(16,17)18/h5-8H,4H2,1-3H3. The van der Waals surface area contributed by atoms with E-state index in [2.05, 4.69) is 9.97 Å². The van der Waals surface area contributed by atoms with E-state index in [0.717, 1.165) is 0 Å². The first-order chi connectivity index (χ1) is 9.84. The molecule has 2 rings (SSSR count). The van der Waals surface area contributed by atoms with Crippen LogP contribution in [0.15, 0.2) is 24.3 Å². The second-order valence-electron chi connectivity index (χ2n) is 4.53. The Bertz CT molecular complexity index is 654. The lowest BCUT2D eigenvalue weighted by atomic mass is 10.0. The van der Waals surface area contributed by atoms with E-state index in [-0.39, 0.29) is 5.69 Å². The normalized spacial score (nSPS) is 11.5. The molecule has 0 N–H and O–H groups in total. The summed E-state index contributed by atoms with van der Waals surface area (Å²) in [6.07, 6.45) is -4.58. The Morgan fingerprint density at radius 3 is 2.38 bits per heavy atom. The van der Waals surface area contributed by atoms with Gasteiger partial charge >= 0.3 is 6.18 Å². The van der Waals surface area contributed by atoms with Crippen LogP contribution in [0, 0.1) is 13.8 Å². The summed E-state index contributed by atoms with van der Waals surface area (Å²) in [7, 11) is 0. The molecular weight excluding hydrogens is 281 g/mol. The van der Waals surface area contributed by atoms with Gasteiger partial charge in [0.2, 0.25) is 5.82 Å². The number of hydrogen-bond donors (Lipinski definition) is 0. The Balaban J connectivity index is 2.66. The fourth-order valence-electron chi connectivity index (χ4n) is 1.96. The van der Waals surface area contributed by atoms with Gasteiger partial charge < -0.3 is 4.74 Å². The molecule has 0 aliphatic carbocycles. The molecule has 0 unspecified atom stereocenters. The molecule has 0 radical (unpaired) electrons. The lowest BCUT2D eigenvalue weighted by Crippen LogP contribution is -2.14. The Labute approximate surface area is 120 Å². The highest BCUT2D eigenvalue weighted by Crippen LogP contribution is 2.34. The Kier molecular flexibility index (Phi) is 4.16. The lowest BCUT2D eigenvalue weighted by Gasteiger charge is -2.15. The number of alkyl halides is 3. The maximum Gasteiger partial charge on any atom is 0.451 e. The summed E-state index contributed by atoms with van der Waals surface area (Å²) in [5.74, 6) is -0.624. The smallest absolute Gasteiger partial charge is 0.451 e. The third-order valence-corrected chi connectivity index (χ3v) is 3.08. The van der Waals surface area contributed by atoms with Crippen molar-refractivity contribution in [3.63, 3.8) is 0 Å². The van der Waals surface area contributed by atoms with Gasteiger partial charge in [0.1, 0.15) is 5.75 Å². The van der Waals surface area contributed by atoms with Crippen LogP contribution in [0.4, 0.5) is 13.2 Å². The Morgan fingerprint density at radius 2 is 1.76 bits per heavy atom. The predicted octanol–water partition coefficient (Wildman–Crippen LogP) is 4.18. The van der Waals surface area contributed by atoms with E-state index in [0.29, 0.717) is 29.2 Å². The number of nitrogens with zero attached hydrogens (tertiary/aromatic N) is 2. The zero-order valence-electron chi connectivity index (χ0n) is 12.0. The highest BCUT2D eigenvalue weighted by molar-refractivity contribution is 5.70. The lowest BCUT2D eigenvalue weighted by molar-refractivity contribution is -0.145. The third kappa shape index (κ3) is 3.15. The molecule has 0 aliphatic rings. The molecule has 2 aromatic rings. The summed E-state index contributed by atoms with van der Waals surface area (Å²) >= 11 is 0. The van der Waals surface area contributed by atoms with Crippen LogP contribution in [0.5, 0.6) is 5.75 Å². The highest BCUT2D eigenvalue weighted by atomic mass is 19.4. The molecule has 0 aliphatic heterocycles. The van der Waals surface area contributed by atoms with Gasteiger partial charge in [-0.3, -0.25) is 0 Å². The maximum absolute atomic E-state index is 12.9. The van der Waals surface area contributed by atoms with Crippen LogP contribution in [-0.2, 0) is 6.18 Å². The van der Waals surface area contributed by atoms with E-state index < -0.39 is 12.0 Å². The topological polar surface area (TPSA) is 35.0 Å². The number of benzene rings is 1. The zero-order valence-corrected chi connectivity index (χ0v) is 12.0. The van der Waals surface area contributed by atoms with Gasteiger partial charge in [0.25, 0.3) is 0 Å². The minimum atomic E-state index is -4.58. The second-order valence-corrected chi connectivity index (χ2v) is 4.53. The van der Waals surface area contributed by atoms with Crippen molar-refractivity contribution in [3.05, 3.63) is 41.3 Å². The van der Waals surface area contributed by atoms with E-state index in [1.165, 1.54) is 0 Å². The first-order valence-corrected chi connectivity index (χ1v) is 6.49. The molecule has 21 heavy (non-hydrogen) atoms. The number of aryl methyl sites for hydroxylation is 1. The van der Waals surface area contributed by atoms with Crippen molar-refractivity contribution < 1.29 is 17.9 Å². The van der Waals surface area contributed by atoms with E-state index >= 15 is 0 Å². The minimum Gasteiger partial charge on any atom is -0.493 e. The van der Waals surface area contributed by atoms with E-state index in [1.54, 1.807) is 38.1 Å². The van der Waals surface area contributed by atoms with Gasteiger partial charge in [0, 0.05) is 11.3 Å². The number of aromatic nitrogens is 2. The van der Waals surface area contributed by atoms with Crippen molar-refractivity contribution in [3.8, 4) is 17.0 Å². The third-order valence-electron chi connectivity index (χ3n) is 3.08. The molecule has 0 spiro atoms. The van der Waals surface area contributed by atoms with Crippen LogP contribution in [0.1, 0.15) is 24.0 Å². The Hall–Kier alpha value is -2.11. The highest BCUT2D eigenvalue weighted by Gasteiger charge is 2.36.